The summed E-state index contributed by atoms with van der Waals surface area (Å²) in [7, 11) is 2.48. The second-order valence-corrected chi connectivity index (χ2v) is 8.52. The van der Waals surface area contributed by atoms with E-state index in [2.05, 4.69) is 0 Å². The van der Waals surface area contributed by atoms with Gasteiger partial charge in [-0.05, 0) is 54.4 Å². The van der Waals surface area contributed by atoms with Crippen molar-refractivity contribution in [3.63, 3.8) is 0 Å². The number of aromatic nitrogens is 1. The minimum Gasteiger partial charge on any atom is -0.466 e. The predicted octanol–water partition coefficient (Wildman–Crippen LogP) is 6.12. The Bertz CT molecular complexity index is 1200. The molecular weight excluding hydrogens is 493 g/mol. The third kappa shape index (κ3) is 6.05. The molecule has 0 N–H and O–H groups in total. The van der Waals surface area contributed by atoms with Gasteiger partial charge >= 0.3 is 17.9 Å². The molecule has 0 saturated heterocycles. The summed E-state index contributed by atoms with van der Waals surface area (Å²) in [6.45, 7) is 2.38. The molecule has 0 spiro atoms. The lowest BCUT2D eigenvalue weighted by molar-refractivity contribution is -0.151. The van der Waals surface area contributed by atoms with Crippen LogP contribution in [0.1, 0.15) is 52.4 Å². The van der Waals surface area contributed by atoms with Gasteiger partial charge in [-0.25, -0.2) is 14.4 Å². The highest BCUT2D eigenvalue weighted by molar-refractivity contribution is 6.31. The minimum atomic E-state index is -1.45. The fourth-order valence-corrected chi connectivity index (χ4v) is 3.87. The van der Waals surface area contributed by atoms with Gasteiger partial charge in [-0.3, -0.25) is 0 Å². The molecule has 0 radical (unpaired) electrons. The number of hydrogen-bond donors (Lipinski definition) is 0. The lowest BCUT2D eigenvalue weighted by Gasteiger charge is -2.21. The van der Waals surface area contributed by atoms with E-state index in [0.717, 1.165) is 6.42 Å². The van der Waals surface area contributed by atoms with Crippen LogP contribution in [-0.4, -0.2) is 36.7 Å². The van der Waals surface area contributed by atoms with Gasteiger partial charge < -0.3 is 18.8 Å². The van der Waals surface area contributed by atoms with Gasteiger partial charge in [0.15, 0.2) is 0 Å². The highest BCUT2D eigenvalue weighted by Crippen LogP contribution is 2.36. The van der Waals surface area contributed by atoms with Gasteiger partial charge in [0.2, 0.25) is 6.10 Å². The van der Waals surface area contributed by atoms with E-state index in [0.29, 0.717) is 39.8 Å². The Hall–Kier alpha value is -3.29. The molecule has 35 heavy (non-hydrogen) atoms. The summed E-state index contributed by atoms with van der Waals surface area (Å²) in [6, 6.07) is 14.6. The first-order valence-corrected chi connectivity index (χ1v) is 11.7. The fraction of sp³-hybridized carbons (Fsp3) is 0.269. The van der Waals surface area contributed by atoms with E-state index in [1.54, 1.807) is 47.0 Å². The molecule has 1 aromatic heterocycles. The first-order chi connectivity index (χ1) is 16.8. The molecule has 0 bridgehead atoms. The molecular formula is C26H25Cl2NO6. The average Bonchev–Trinajstić information content (AvgIpc) is 3.24. The number of hydrogen-bond acceptors (Lipinski definition) is 6. The van der Waals surface area contributed by atoms with Gasteiger partial charge in [0.05, 0.1) is 25.5 Å². The zero-order valence-corrected chi connectivity index (χ0v) is 21.1. The first-order valence-electron chi connectivity index (χ1n) is 10.9. The Morgan fingerprint density at radius 3 is 2.03 bits per heavy atom. The van der Waals surface area contributed by atoms with Crippen LogP contribution in [0.25, 0.3) is 11.1 Å². The van der Waals surface area contributed by atoms with E-state index in [1.165, 1.54) is 26.4 Å². The van der Waals surface area contributed by atoms with Crippen molar-refractivity contribution in [2.24, 2.45) is 0 Å². The normalized spacial score (nSPS) is 11.6. The van der Waals surface area contributed by atoms with Crippen LogP contribution in [-0.2, 0) is 25.5 Å². The molecule has 2 aromatic carbocycles. The third-order valence-corrected chi connectivity index (χ3v) is 5.90. The van der Waals surface area contributed by atoms with Crippen molar-refractivity contribution < 1.29 is 28.6 Å². The minimum absolute atomic E-state index is 0.205. The van der Waals surface area contributed by atoms with E-state index >= 15 is 0 Å². The van der Waals surface area contributed by atoms with Gasteiger partial charge in [0, 0.05) is 22.2 Å². The second kappa shape index (κ2) is 11.9. The standard InChI is InChI=1S/C26H25Cl2NO6/c1-4-5-14-29-21(25(31)33-2)15-20(16-6-10-18(27)11-7-16)22(29)23(26(32)34-3)35-24(30)17-8-12-19(28)13-9-17/h6-13,15,23H,4-5,14H2,1-3H3. The Morgan fingerprint density at radius 2 is 1.49 bits per heavy atom. The van der Waals surface area contributed by atoms with E-state index in [-0.39, 0.29) is 11.3 Å². The zero-order chi connectivity index (χ0) is 25.5. The van der Waals surface area contributed by atoms with Crippen molar-refractivity contribution in [1.29, 1.82) is 0 Å². The van der Waals surface area contributed by atoms with E-state index in [4.69, 9.17) is 37.4 Å². The fourth-order valence-electron chi connectivity index (χ4n) is 3.62. The summed E-state index contributed by atoms with van der Waals surface area (Å²) in [5.41, 5.74) is 1.91. The maximum absolute atomic E-state index is 13.0. The maximum atomic E-state index is 13.0. The average molecular weight is 518 g/mol. The number of halogens is 2. The summed E-state index contributed by atoms with van der Waals surface area (Å²) in [5, 5.41) is 0.972. The van der Waals surface area contributed by atoms with Crippen molar-refractivity contribution in [2.45, 2.75) is 32.4 Å². The van der Waals surface area contributed by atoms with Gasteiger partial charge in [0.25, 0.3) is 0 Å². The molecule has 3 rings (SSSR count). The SMILES string of the molecule is CCCCn1c(C(=O)OC)cc(-c2ccc(Cl)cc2)c1C(OC(=O)c1ccc(Cl)cc1)C(=O)OC. The smallest absolute Gasteiger partial charge is 0.354 e. The van der Waals surface area contributed by atoms with Crippen LogP contribution in [0.3, 0.4) is 0 Å². The molecule has 3 aromatic rings. The van der Waals surface area contributed by atoms with E-state index < -0.39 is 24.0 Å². The van der Waals surface area contributed by atoms with Crippen molar-refractivity contribution in [3.05, 3.63) is 81.6 Å². The number of methoxy groups -OCH3 is 2. The van der Waals surface area contributed by atoms with Crippen LogP contribution in [0.15, 0.2) is 54.6 Å². The van der Waals surface area contributed by atoms with Gasteiger partial charge in [0.1, 0.15) is 5.69 Å². The molecule has 0 aliphatic carbocycles. The maximum Gasteiger partial charge on any atom is 0.354 e. The number of nitrogens with zero attached hydrogens (tertiary/aromatic N) is 1. The monoisotopic (exact) mass is 517 g/mol. The molecule has 7 nitrogen and oxygen atoms in total. The van der Waals surface area contributed by atoms with E-state index in [1.807, 2.05) is 6.92 Å². The number of carbonyl (C=O) groups excluding carboxylic acids is 3. The number of unbranched alkanes of at least 4 members (excludes halogenated alkanes) is 1. The number of rotatable bonds is 9. The summed E-state index contributed by atoms with van der Waals surface area (Å²) < 4.78 is 17.3. The molecule has 1 atom stereocenters. The molecule has 0 aliphatic heterocycles. The lowest BCUT2D eigenvalue weighted by atomic mass is 10.0. The lowest BCUT2D eigenvalue weighted by Crippen LogP contribution is -2.25. The number of carbonyl (C=O) groups is 3. The van der Waals surface area contributed by atoms with E-state index in [9.17, 15) is 14.4 Å². The topological polar surface area (TPSA) is 83.8 Å². The Balaban J connectivity index is 2.21. The van der Waals surface area contributed by atoms with Crippen LogP contribution in [0, 0.1) is 0 Å². The zero-order valence-electron chi connectivity index (χ0n) is 19.5. The molecule has 0 aliphatic rings. The number of benzene rings is 2. The number of ether oxygens (including phenoxy) is 3. The van der Waals surface area contributed by atoms with Gasteiger partial charge in [-0.15, -0.1) is 0 Å². The van der Waals surface area contributed by atoms with Crippen molar-refractivity contribution in [1.82, 2.24) is 4.57 Å². The predicted molar refractivity (Wildman–Crippen MR) is 133 cm³/mol. The summed E-state index contributed by atoms with van der Waals surface area (Å²) in [6.07, 6.45) is 0.0660. The summed E-state index contributed by atoms with van der Waals surface area (Å²) in [4.78, 5) is 38.6. The highest BCUT2D eigenvalue weighted by Gasteiger charge is 2.35. The molecule has 184 valence electrons. The van der Waals surface area contributed by atoms with Crippen LogP contribution in [0.5, 0.6) is 0 Å². The summed E-state index contributed by atoms with van der Waals surface area (Å²) in [5.74, 6) is -2.13. The van der Waals surface area contributed by atoms with Crippen LogP contribution in [0.2, 0.25) is 10.0 Å². The Labute approximate surface area is 213 Å². The van der Waals surface area contributed by atoms with Crippen molar-refractivity contribution in [3.8, 4) is 11.1 Å². The third-order valence-electron chi connectivity index (χ3n) is 5.39. The summed E-state index contributed by atoms with van der Waals surface area (Å²) >= 11 is 12.0. The van der Waals surface area contributed by atoms with Gasteiger partial charge in [-0.1, -0.05) is 48.7 Å². The molecule has 1 unspecified atom stereocenters. The van der Waals surface area contributed by atoms with Gasteiger partial charge in [-0.2, -0.15) is 0 Å². The molecule has 1 heterocycles. The van der Waals surface area contributed by atoms with Crippen molar-refractivity contribution in [2.75, 3.05) is 14.2 Å². The Kier molecular flexibility index (Phi) is 8.95. The largest absolute Gasteiger partial charge is 0.466 e. The van der Waals surface area contributed by atoms with Crippen LogP contribution in [0.4, 0.5) is 0 Å². The quantitative estimate of drug-likeness (QED) is 0.251. The van der Waals surface area contributed by atoms with Crippen LogP contribution >= 0.6 is 23.2 Å². The van der Waals surface area contributed by atoms with Crippen LogP contribution < -0.4 is 0 Å². The first kappa shape index (κ1) is 26.3. The highest BCUT2D eigenvalue weighted by atomic mass is 35.5. The number of esters is 3. The molecule has 0 fully saturated rings. The molecule has 0 amide bonds. The van der Waals surface area contributed by atoms with Crippen molar-refractivity contribution >= 4 is 41.1 Å². The Morgan fingerprint density at radius 1 is 0.886 bits per heavy atom. The second-order valence-electron chi connectivity index (χ2n) is 7.65. The molecule has 9 heteroatoms. The molecule has 0 saturated carbocycles.